The number of ether oxygens (including phenoxy) is 1. The Labute approximate surface area is 177 Å². The standard InChI is InChI=1S/C23H20F2N2O4/c1-13-7-8-14(11-17(13)25)22-20(31-2)10-9-18(26-22)23(30)27-19(12-21(28)29)15-5-3-4-6-16(15)24/h3-11,19H,12H2,1-2H3,(H,27,30)(H,28,29)/t19-/m0/s1. The summed E-state index contributed by atoms with van der Waals surface area (Å²) in [4.78, 5) is 28.4. The molecule has 160 valence electrons. The number of rotatable bonds is 7. The lowest BCUT2D eigenvalue weighted by Gasteiger charge is -2.18. The van der Waals surface area contributed by atoms with Crippen molar-refractivity contribution in [2.24, 2.45) is 0 Å². The number of carboxylic acid groups (broad SMARTS) is 1. The van der Waals surface area contributed by atoms with Crippen LogP contribution in [0.25, 0.3) is 11.3 Å². The van der Waals surface area contributed by atoms with Gasteiger partial charge in [0.2, 0.25) is 0 Å². The van der Waals surface area contributed by atoms with Crippen molar-refractivity contribution in [2.45, 2.75) is 19.4 Å². The highest BCUT2D eigenvalue weighted by molar-refractivity contribution is 5.93. The third-order valence-electron chi connectivity index (χ3n) is 4.72. The van der Waals surface area contributed by atoms with Gasteiger partial charge >= 0.3 is 5.97 Å². The van der Waals surface area contributed by atoms with Crippen molar-refractivity contribution in [2.75, 3.05) is 7.11 Å². The summed E-state index contributed by atoms with van der Waals surface area (Å²) in [6.07, 6.45) is -0.515. The predicted octanol–water partition coefficient (Wildman–Crippen LogP) is 4.29. The van der Waals surface area contributed by atoms with Gasteiger partial charge < -0.3 is 15.2 Å². The number of benzene rings is 2. The number of carbonyl (C=O) groups is 2. The third-order valence-corrected chi connectivity index (χ3v) is 4.72. The van der Waals surface area contributed by atoms with Crippen molar-refractivity contribution in [3.05, 3.63) is 83.1 Å². The lowest BCUT2D eigenvalue weighted by molar-refractivity contribution is -0.137. The molecule has 0 aliphatic heterocycles. The summed E-state index contributed by atoms with van der Waals surface area (Å²) in [5.74, 6) is -2.64. The van der Waals surface area contributed by atoms with E-state index in [0.29, 0.717) is 16.9 Å². The van der Waals surface area contributed by atoms with Gasteiger partial charge in [-0.25, -0.2) is 13.8 Å². The number of hydrogen-bond donors (Lipinski definition) is 2. The van der Waals surface area contributed by atoms with Crippen molar-refractivity contribution >= 4 is 11.9 Å². The summed E-state index contributed by atoms with van der Waals surface area (Å²) in [6, 6.07) is 11.9. The molecule has 1 heterocycles. The molecule has 3 aromatic rings. The number of nitrogens with one attached hydrogen (secondary N) is 1. The van der Waals surface area contributed by atoms with E-state index in [-0.39, 0.29) is 17.0 Å². The second-order valence-electron chi connectivity index (χ2n) is 6.86. The monoisotopic (exact) mass is 426 g/mol. The van der Waals surface area contributed by atoms with Crippen molar-refractivity contribution in [1.29, 1.82) is 0 Å². The van der Waals surface area contributed by atoms with Gasteiger partial charge in [0, 0.05) is 11.1 Å². The van der Waals surface area contributed by atoms with Crippen molar-refractivity contribution in [1.82, 2.24) is 10.3 Å². The highest BCUT2D eigenvalue weighted by Crippen LogP contribution is 2.30. The van der Waals surface area contributed by atoms with Crippen LogP contribution in [0.4, 0.5) is 8.78 Å². The Morgan fingerprint density at radius 3 is 2.48 bits per heavy atom. The summed E-state index contributed by atoms with van der Waals surface area (Å²) in [5.41, 5.74) is 1.11. The maximum Gasteiger partial charge on any atom is 0.305 e. The largest absolute Gasteiger partial charge is 0.494 e. The SMILES string of the molecule is COc1ccc(C(=O)N[C@@H](CC(=O)O)c2ccccc2F)nc1-c1ccc(C)c(F)c1. The first-order valence-corrected chi connectivity index (χ1v) is 9.38. The number of hydrogen-bond acceptors (Lipinski definition) is 4. The van der Waals surface area contributed by atoms with Crippen LogP contribution in [0.2, 0.25) is 0 Å². The fourth-order valence-corrected chi connectivity index (χ4v) is 3.09. The van der Waals surface area contributed by atoms with Gasteiger partial charge in [0.15, 0.2) is 0 Å². The summed E-state index contributed by atoms with van der Waals surface area (Å²) in [5, 5.41) is 11.7. The van der Waals surface area contributed by atoms with Crippen LogP contribution in [0.15, 0.2) is 54.6 Å². The fourth-order valence-electron chi connectivity index (χ4n) is 3.09. The van der Waals surface area contributed by atoms with Crippen LogP contribution < -0.4 is 10.1 Å². The molecule has 2 aromatic carbocycles. The van der Waals surface area contributed by atoms with Crippen LogP contribution in [0.5, 0.6) is 5.75 Å². The van der Waals surface area contributed by atoms with Crippen LogP contribution in [0, 0.1) is 18.6 Å². The molecule has 0 aliphatic carbocycles. The average Bonchev–Trinajstić information content (AvgIpc) is 2.74. The fraction of sp³-hybridized carbons (Fsp3) is 0.174. The minimum absolute atomic E-state index is 0.0487. The number of nitrogens with zero attached hydrogens (tertiary/aromatic N) is 1. The van der Waals surface area contributed by atoms with Crippen LogP contribution in [0.1, 0.15) is 34.1 Å². The second kappa shape index (κ2) is 9.34. The highest BCUT2D eigenvalue weighted by atomic mass is 19.1. The van der Waals surface area contributed by atoms with Gasteiger partial charge in [-0.3, -0.25) is 9.59 Å². The zero-order chi connectivity index (χ0) is 22.5. The number of aromatic nitrogens is 1. The molecule has 6 nitrogen and oxygen atoms in total. The van der Waals surface area contributed by atoms with Gasteiger partial charge in [0.25, 0.3) is 5.91 Å². The number of halogens is 2. The average molecular weight is 426 g/mol. The maximum absolute atomic E-state index is 14.2. The lowest BCUT2D eigenvalue weighted by Crippen LogP contribution is -2.31. The summed E-state index contributed by atoms with van der Waals surface area (Å²) in [6.45, 7) is 1.62. The normalized spacial score (nSPS) is 11.6. The zero-order valence-electron chi connectivity index (χ0n) is 16.9. The van der Waals surface area contributed by atoms with Gasteiger partial charge in [-0.2, -0.15) is 0 Å². The van der Waals surface area contributed by atoms with Crippen LogP contribution in [-0.4, -0.2) is 29.1 Å². The van der Waals surface area contributed by atoms with E-state index in [2.05, 4.69) is 10.3 Å². The Bertz CT molecular complexity index is 1130. The zero-order valence-corrected chi connectivity index (χ0v) is 16.9. The molecule has 0 saturated carbocycles. The molecule has 1 amide bonds. The van der Waals surface area contributed by atoms with E-state index in [1.54, 1.807) is 25.1 Å². The molecule has 1 atom stereocenters. The smallest absolute Gasteiger partial charge is 0.305 e. The second-order valence-corrected chi connectivity index (χ2v) is 6.86. The topological polar surface area (TPSA) is 88.5 Å². The molecule has 8 heteroatoms. The summed E-state index contributed by atoms with van der Waals surface area (Å²) < 4.78 is 33.5. The number of pyridine rings is 1. The Kier molecular flexibility index (Phi) is 6.59. The van der Waals surface area contributed by atoms with E-state index in [9.17, 15) is 23.5 Å². The molecule has 0 saturated heterocycles. The summed E-state index contributed by atoms with van der Waals surface area (Å²) >= 11 is 0. The summed E-state index contributed by atoms with van der Waals surface area (Å²) in [7, 11) is 1.42. The molecule has 2 N–H and O–H groups in total. The van der Waals surface area contributed by atoms with Crippen molar-refractivity contribution < 1.29 is 28.2 Å². The molecule has 0 radical (unpaired) electrons. The van der Waals surface area contributed by atoms with Crippen LogP contribution >= 0.6 is 0 Å². The number of aliphatic carboxylic acids is 1. The van der Waals surface area contributed by atoms with E-state index < -0.39 is 36.0 Å². The Balaban J connectivity index is 1.95. The van der Waals surface area contributed by atoms with Crippen LogP contribution in [0.3, 0.4) is 0 Å². The minimum atomic E-state index is -1.20. The molecule has 0 spiro atoms. The first-order chi connectivity index (χ1) is 14.8. The Morgan fingerprint density at radius 1 is 1.10 bits per heavy atom. The highest BCUT2D eigenvalue weighted by Gasteiger charge is 2.23. The first kappa shape index (κ1) is 21.9. The minimum Gasteiger partial charge on any atom is -0.494 e. The molecule has 0 aliphatic rings. The number of carboxylic acids is 1. The number of methoxy groups -OCH3 is 1. The van der Waals surface area contributed by atoms with E-state index >= 15 is 0 Å². The van der Waals surface area contributed by atoms with Gasteiger partial charge in [0.1, 0.15) is 28.8 Å². The molecule has 0 fully saturated rings. The number of aryl methyl sites for hydroxylation is 1. The van der Waals surface area contributed by atoms with E-state index in [4.69, 9.17) is 4.74 Å². The number of amides is 1. The van der Waals surface area contributed by atoms with Crippen molar-refractivity contribution in [3.8, 4) is 17.0 Å². The van der Waals surface area contributed by atoms with Crippen LogP contribution in [-0.2, 0) is 4.79 Å². The van der Waals surface area contributed by atoms with Crippen molar-refractivity contribution in [3.63, 3.8) is 0 Å². The van der Waals surface area contributed by atoms with Gasteiger partial charge in [-0.05, 0) is 36.8 Å². The lowest BCUT2D eigenvalue weighted by atomic mass is 10.0. The predicted molar refractivity (Wildman–Crippen MR) is 110 cm³/mol. The van der Waals surface area contributed by atoms with Gasteiger partial charge in [-0.15, -0.1) is 0 Å². The van der Waals surface area contributed by atoms with Gasteiger partial charge in [-0.1, -0.05) is 30.3 Å². The molecule has 1 aromatic heterocycles. The molecular weight excluding hydrogens is 406 g/mol. The Morgan fingerprint density at radius 2 is 1.84 bits per heavy atom. The maximum atomic E-state index is 14.2. The van der Waals surface area contributed by atoms with E-state index in [0.717, 1.165) is 0 Å². The molecule has 31 heavy (non-hydrogen) atoms. The third kappa shape index (κ3) is 5.03. The quantitative estimate of drug-likeness (QED) is 0.588. The van der Waals surface area contributed by atoms with Gasteiger partial charge in [0.05, 0.1) is 19.6 Å². The van der Waals surface area contributed by atoms with E-state index in [1.165, 1.54) is 43.5 Å². The molecule has 0 bridgehead atoms. The molecule has 3 rings (SSSR count). The first-order valence-electron chi connectivity index (χ1n) is 9.38. The molecular formula is C23H20F2N2O4. The number of carbonyl (C=O) groups excluding carboxylic acids is 1. The Hall–Kier alpha value is -3.81. The molecule has 0 unspecified atom stereocenters. The van der Waals surface area contributed by atoms with E-state index in [1.807, 2.05) is 0 Å².